The van der Waals surface area contributed by atoms with Gasteiger partial charge in [-0.05, 0) is 33.3 Å². The molecule has 1 aliphatic rings. The number of fused-ring (bicyclic) bond motifs is 1. The fraction of sp³-hybridized carbons (Fsp3) is 0.536. The molecule has 0 fully saturated rings. The number of hydrogen-bond acceptors (Lipinski definition) is 9. The topological polar surface area (TPSA) is 131 Å². The Morgan fingerprint density at radius 1 is 1.14 bits per heavy atom. The van der Waals surface area contributed by atoms with Gasteiger partial charge in [-0.25, -0.2) is 8.78 Å². The van der Waals surface area contributed by atoms with Crippen LogP contribution >= 0.6 is 7.60 Å². The number of halogens is 2. The van der Waals surface area contributed by atoms with Crippen molar-refractivity contribution in [3.8, 4) is 5.75 Å². The van der Waals surface area contributed by atoms with Crippen LogP contribution in [0.4, 0.5) is 8.78 Å². The first-order valence-corrected chi connectivity index (χ1v) is 15.2. The standard InChI is InChI=1S/C28H37F2N2O9P/c1-6-40-42(36,41-7-2)13-12-39-11-10-28(3)22(37-4)17-32-16-20(24(33)25(38-5)23(32)26(28)34)27(35)31-15-18-8-9-19(29)14-21(18)30/h8-9,14,16,22H,6-7,10-13,15,17H2,1-5H3,(H,31,35). The van der Waals surface area contributed by atoms with Crippen LogP contribution in [0, 0.1) is 17.0 Å². The van der Waals surface area contributed by atoms with Gasteiger partial charge in [0.05, 0.1) is 51.2 Å². The number of benzene rings is 1. The summed E-state index contributed by atoms with van der Waals surface area (Å²) in [7, 11) is -0.604. The van der Waals surface area contributed by atoms with Crippen molar-refractivity contribution in [3.63, 3.8) is 0 Å². The number of methoxy groups -OCH3 is 2. The quantitative estimate of drug-likeness (QED) is 0.234. The molecule has 1 N–H and O–H groups in total. The van der Waals surface area contributed by atoms with Crippen molar-refractivity contribution < 1.29 is 46.2 Å². The van der Waals surface area contributed by atoms with Crippen LogP contribution in [0.1, 0.15) is 53.6 Å². The van der Waals surface area contributed by atoms with Crippen LogP contribution < -0.4 is 15.5 Å². The van der Waals surface area contributed by atoms with E-state index in [1.54, 1.807) is 20.8 Å². The van der Waals surface area contributed by atoms with E-state index in [-0.39, 0.29) is 74.7 Å². The highest BCUT2D eigenvalue weighted by molar-refractivity contribution is 7.53. The molecule has 2 atom stereocenters. The molecule has 0 saturated heterocycles. The van der Waals surface area contributed by atoms with Crippen LogP contribution in [-0.2, 0) is 36.2 Å². The van der Waals surface area contributed by atoms with Gasteiger partial charge in [0, 0.05) is 38.1 Å². The zero-order valence-electron chi connectivity index (χ0n) is 24.4. The van der Waals surface area contributed by atoms with Crippen molar-refractivity contribution in [1.29, 1.82) is 0 Å². The first kappa shape index (κ1) is 33.5. The van der Waals surface area contributed by atoms with Gasteiger partial charge >= 0.3 is 7.60 Å². The molecule has 0 saturated carbocycles. The molecule has 2 aromatic rings. The number of amides is 1. The number of ether oxygens (including phenoxy) is 3. The lowest BCUT2D eigenvalue weighted by atomic mass is 9.73. The van der Waals surface area contributed by atoms with Gasteiger partial charge in [0.1, 0.15) is 22.9 Å². The molecule has 42 heavy (non-hydrogen) atoms. The lowest BCUT2D eigenvalue weighted by Crippen LogP contribution is -2.50. The number of ketones is 1. The van der Waals surface area contributed by atoms with E-state index in [4.69, 9.17) is 23.3 Å². The second kappa shape index (κ2) is 14.5. The lowest BCUT2D eigenvalue weighted by molar-refractivity contribution is -0.0286. The summed E-state index contributed by atoms with van der Waals surface area (Å²) in [5, 5.41) is 2.45. The smallest absolute Gasteiger partial charge is 0.332 e. The fourth-order valence-corrected chi connectivity index (χ4v) is 6.30. The molecule has 0 bridgehead atoms. The lowest BCUT2D eigenvalue weighted by Gasteiger charge is -2.41. The Bertz CT molecular complexity index is 1390. The summed E-state index contributed by atoms with van der Waals surface area (Å²) in [6.45, 7) is 5.61. The van der Waals surface area contributed by atoms with Gasteiger partial charge in [-0.2, -0.15) is 0 Å². The van der Waals surface area contributed by atoms with E-state index in [0.717, 1.165) is 6.07 Å². The largest absolute Gasteiger partial charge is 0.491 e. The summed E-state index contributed by atoms with van der Waals surface area (Å²) in [6, 6.07) is 2.94. The van der Waals surface area contributed by atoms with Crippen LogP contribution in [0.3, 0.4) is 0 Å². The maximum atomic E-state index is 14.0. The van der Waals surface area contributed by atoms with Crippen LogP contribution in [0.15, 0.2) is 29.2 Å². The molecule has 0 spiro atoms. The maximum absolute atomic E-state index is 14.0. The molecule has 14 heteroatoms. The van der Waals surface area contributed by atoms with Gasteiger partial charge in [0.2, 0.25) is 5.43 Å². The van der Waals surface area contributed by atoms with Crippen molar-refractivity contribution in [2.24, 2.45) is 5.41 Å². The SMILES string of the molecule is CCOP(=O)(CCOCCC1(C)C(=O)c2c(OC)c(=O)c(C(=O)NCc3ccc(F)cc3F)cn2CC1OC)OCC. The number of Topliss-reactive ketones (excluding diaryl/α,β-unsaturated/α-hetero) is 1. The molecule has 1 aromatic carbocycles. The van der Waals surface area contributed by atoms with E-state index >= 15 is 0 Å². The zero-order chi connectivity index (χ0) is 31.1. The van der Waals surface area contributed by atoms with Crippen molar-refractivity contribution in [2.45, 2.75) is 46.4 Å². The predicted molar refractivity (Wildman–Crippen MR) is 149 cm³/mol. The molecule has 2 unspecified atom stereocenters. The fourth-order valence-electron chi connectivity index (χ4n) is 4.83. The number of hydrogen-bond donors (Lipinski definition) is 1. The second-order valence-electron chi connectivity index (χ2n) is 9.83. The second-order valence-corrected chi connectivity index (χ2v) is 12.0. The van der Waals surface area contributed by atoms with Crippen molar-refractivity contribution >= 4 is 19.3 Å². The Labute approximate surface area is 243 Å². The minimum atomic E-state index is -3.28. The normalized spacial score (nSPS) is 18.5. The monoisotopic (exact) mass is 614 g/mol. The summed E-state index contributed by atoms with van der Waals surface area (Å²) < 4.78 is 68.5. The molecule has 3 rings (SSSR count). The van der Waals surface area contributed by atoms with E-state index in [9.17, 15) is 27.7 Å². The van der Waals surface area contributed by atoms with Gasteiger partial charge in [0.25, 0.3) is 5.91 Å². The van der Waals surface area contributed by atoms with Gasteiger partial charge < -0.3 is 33.1 Å². The Morgan fingerprint density at radius 2 is 1.83 bits per heavy atom. The molecule has 2 heterocycles. The van der Waals surface area contributed by atoms with Gasteiger partial charge in [0.15, 0.2) is 11.5 Å². The van der Waals surface area contributed by atoms with E-state index < -0.39 is 47.9 Å². The number of rotatable bonds is 15. The number of carbonyl (C=O) groups excluding carboxylic acids is 2. The first-order chi connectivity index (χ1) is 19.9. The highest BCUT2D eigenvalue weighted by Crippen LogP contribution is 2.47. The average Bonchev–Trinajstić information content (AvgIpc) is 2.94. The molecule has 1 aromatic heterocycles. The Morgan fingerprint density at radius 3 is 2.43 bits per heavy atom. The number of nitrogens with zero attached hydrogens (tertiary/aromatic N) is 1. The first-order valence-electron chi connectivity index (χ1n) is 13.5. The van der Waals surface area contributed by atoms with Crippen LogP contribution in [0.25, 0.3) is 0 Å². The Balaban J connectivity index is 1.79. The van der Waals surface area contributed by atoms with Crippen LogP contribution in [0.5, 0.6) is 5.75 Å². The van der Waals surface area contributed by atoms with Crippen LogP contribution in [-0.4, -0.2) is 69.2 Å². The molecule has 11 nitrogen and oxygen atoms in total. The molecule has 0 aliphatic carbocycles. The van der Waals surface area contributed by atoms with E-state index in [2.05, 4.69) is 5.32 Å². The maximum Gasteiger partial charge on any atom is 0.332 e. The number of aromatic nitrogens is 1. The van der Waals surface area contributed by atoms with Gasteiger partial charge in [-0.1, -0.05) is 6.07 Å². The number of nitrogens with one attached hydrogen (secondary N) is 1. The summed E-state index contributed by atoms with van der Waals surface area (Å²) in [6.07, 6.45) is 0.851. The summed E-state index contributed by atoms with van der Waals surface area (Å²) in [5.41, 5.74) is -2.24. The predicted octanol–water partition coefficient (Wildman–Crippen LogP) is 3.96. The van der Waals surface area contributed by atoms with Crippen molar-refractivity contribution in [1.82, 2.24) is 9.88 Å². The number of pyridine rings is 1. The van der Waals surface area contributed by atoms with Crippen molar-refractivity contribution in [2.75, 3.05) is 46.8 Å². The summed E-state index contributed by atoms with van der Waals surface area (Å²) >= 11 is 0. The van der Waals surface area contributed by atoms with Crippen LogP contribution in [0.2, 0.25) is 0 Å². The van der Waals surface area contributed by atoms with E-state index in [1.807, 2.05) is 0 Å². The molecule has 0 radical (unpaired) electrons. The average molecular weight is 615 g/mol. The van der Waals surface area contributed by atoms with E-state index in [1.165, 1.54) is 31.0 Å². The van der Waals surface area contributed by atoms with Gasteiger partial charge in [-0.3, -0.25) is 18.9 Å². The minimum Gasteiger partial charge on any atom is -0.491 e. The third-order valence-corrected chi connectivity index (χ3v) is 9.19. The third-order valence-electron chi connectivity index (χ3n) is 7.16. The third kappa shape index (κ3) is 7.33. The molecule has 1 aliphatic heterocycles. The molecular formula is C28H37F2N2O9P. The Kier molecular flexibility index (Phi) is 11.6. The molecular weight excluding hydrogens is 577 g/mol. The zero-order valence-corrected chi connectivity index (χ0v) is 25.3. The van der Waals surface area contributed by atoms with Gasteiger partial charge in [-0.15, -0.1) is 0 Å². The van der Waals surface area contributed by atoms with E-state index in [0.29, 0.717) is 6.07 Å². The molecule has 232 valence electrons. The Hall–Kier alpha value is -2.96. The van der Waals surface area contributed by atoms with Crippen molar-refractivity contribution in [3.05, 3.63) is 63.1 Å². The number of carbonyl (C=O) groups is 2. The summed E-state index contributed by atoms with van der Waals surface area (Å²) in [5.74, 6) is -3.17. The molecule has 1 amide bonds. The summed E-state index contributed by atoms with van der Waals surface area (Å²) in [4.78, 5) is 40.1. The highest BCUT2D eigenvalue weighted by atomic mass is 31.2. The highest BCUT2D eigenvalue weighted by Gasteiger charge is 2.48. The minimum absolute atomic E-state index is 0.0170.